The summed E-state index contributed by atoms with van der Waals surface area (Å²) in [7, 11) is 0. The fourth-order valence-corrected chi connectivity index (χ4v) is 0.348. The van der Waals surface area contributed by atoms with E-state index in [1.165, 1.54) is 0 Å². The van der Waals surface area contributed by atoms with Crippen LogP contribution in [-0.2, 0) is 9.59 Å². The number of hydrogen-bond acceptors (Lipinski definition) is 3. The molecule has 0 amide bonds. The molecule has 0 unspecified atom stereocenters. The molecule has 0 aliphatic heterocycles. The SMILES string of the molecule is CCCC=O.O=C(O)CCCO. The minimum absolute atomic E-state index is 0.0354. The Bertz CT molecular complexity index is 112. The van der Waals surface area contributed by atoms with Gasteiger partial charge < -0.3 is 15.0 Å². The molecule has 0 aromatic carbocycles. The van der Waals surface area contributed by atoms with E-state index in [9.17, 15) is 9.59 Å². The van der Waals surface area contributed by atoms with Gasteiger partial charge in [0.1, 0.15) is 6.29 Å². The molecule has 4 heteroatoms. The summed E-state index contributed by atoms with van der Waals surface area (Å²) in [5.41, 5.74) is 0. The highest BCUT2D eigenvalue weighted by atomic mass is 16.4. The Morgan fingerprint density at radius 1 is 1.50 bits per heavy atom. The summed E-state index contributed by atoms with van der Waals surface area (Å²) in [4.78, 5) is 19.1. The number of carboxylic acid groups (broad SMARTS) is 1. The zero-order valence-electron chi connectivity index (χ0n) is 7.32. The number of aldehydes is 1. The highest BCUT2D eigenvalue weighted by Crippen LogP contribution is 1.83. The van der Waals surface area contributed by atoms with E-state index in [1.54, 1.807) is 0 Å². The average molecular weight is 176 g/mol. The topological polar surface area (TPSA) is 74.6 Å². The number of carbonyl (C=O) groups excluding carboxylic acids is 1. The van der Waals surface area contributed by atoms with Crippen molar-refractivity contribution >= 4 is 12.3 Å². The molecule has 0 aliphatic carbocycles. The Kier molecular flexibility index (Phi) is 14.5. The number of aliphatic hydroxyl groups excluding tert-OH is 1. The van der Waals surface area contributed by atoms with E-state index in [-0.39, 0.29) is 13.0 Å². The number of hydrogen-bond donors (Lipinski definition) is 2. The Morgan fingerprint density at radius 2 is 2.08 bits per heavy atom. The molecule has 0 saturated carbocycles. The van der Waals surface area contributed by atoms with E-state index in [1.807, 2.05) is 6.92 Å². The Labute approximate surface area is 72.2 Å². The van der Waals surface area contributed by atoms with Crippen LogP contribution in [0.25, 0.3) is 0 Å². The molecule has 72 valence electrons. The van der Waals surface area contributed by atoms with Crippen molar-refractivity contribution in [2.24, 2.45) is 0 Å². The molecular formula is C8H16O4. The smallest absolute Gasteiger partial charge is 0.303 e. The second kappa shape index (κ2) is 12.7. The van der Waals surface area contributed by atoms with Gasteiger partial charge in [0.05, 0.1) is 0 Å². The van der Waals surface area contributed by atoms with Crippen LogP contribution in [0.15, 0.2) is 0 Å². The van der Waals surface area contributed by atoms with E-state index < -0.39 is 5.97 Å². The van der Waals surface area contributed by atoms with Gasteiger partial charge in [-0.25, -0.2) is 0 Å². The number of unbranched alkanes of at least 4 members (excludes halogenated alkanes) is 1. The van der Waals surface area contributed by atoms with Crippen LogP contribution in [0.3, 0.4) is 0 Å². The third-order valence-electron chi connectivity index (χ3n) is 0.955. The van der Waals surface area contributed by atoms with Crippen LogP contribution in [0.2, 0.25) is 0 Å². The lowest BCUT2D eigenvalue weighted by molar-refractivity contribution is -0.137. The van der Waals surface area contributed by atoms with E-state index >= 15 is 0 Å². The molecule has 0 aliphatic rings. The first-order valence-corrected chi connectivity index (χ1v) is 3.95. The van der Waals surface area contributed by atoms with Gasteiger partial charge in [0.15, 0.2) is 0 Å². The zero-order valence-corrected chi connectivity index (χ0v) is 7.32. The first-order chi connectivity index (χ1) is 5.68. The van der Waals surface area contributed by atoms with Crippen molar-refractivity contribution in [3.8, 4) is 0 Å². The fraction of sp³-hybridized carbons (Fsp3) is 0.750. The van der Waals surface area contributed by atoms with Crippen LogP contribution < -0.4 is 0 Å². The van der Waals surface area contributed by atoms with Crippen LogP contribution in [0, 0.1) is 0 Å². The molecule has 0 bridgehead atoms. The van der Waals surface area contributed by atoms with Crippen LogP contribution in [0.4, 0.5) is 0 Å². The molecule has 0 aromatic heterocycles. The summed E-state index contributed by atoms with van der Waals surface area (Å²) in [5.74, 6) is -0.853. The van der Waals surface area contributed by atoms with Gasteiger partial charge in [-0.2, -0.15) is 0 Å². The lowest BCUT2D eigenvalue weighted by Gasteiger charge is -1.85. The third kappa shape index (κ3) is 23.0. The van der Waals surface area contributed by atoms with E-state index in [0.717, 1.165) is 12.7 Å². The number of carboxylic acids is 1. The lowest BCUT2D eigenvalue weighted by Crippen LogP contribution is -1.95. The van der Waals surface area contributed by atoms with Crippen molar-refractivity contribution < 1.29 is 19.8 Å². The number of carbonyl (C=O) groups is 2. The molecule has 0 radical (unpaired) electrons. The molecule has 12 heavy (non-hydrogen) atoms. The second-order valence-corrected chi connectivity index (χ2v) is 2.18. The molecule has 0 atom stereocenters. The largest absolute Gasteiger partial charge is 0.481 e. The summed E-state index contributed by atoms with van der Waals surface area (Å²) in [5, 5.41) is 16.0. The molecule has 0 fully saturated rings. The van der Waals surface area contributed by atoms with E-state index in [2.05, 4.69) is 0 Å². The van der Waals surface area contributed by atoms with Gasteiger partial charge in [0, 0.05) is 19.4 Å². The molecule has 0 heterocycles. The van der Waals surface area contributed by atoms with E-state index in [0.29, 0.717) is 12.8 Å². The second-order valence-electron chi connectivity index (χ2n) is 2.18. The maximum Gasteiger partial charge on any atom is 0.303 e. The van der Waals surface area contributed by atoms with Gasteiger partial charge in [0.2, 0.25) is 0 Å². The van der Waals surface area contributed by atoms with Crippen LogP contribution in [0.5, 0.6) is 0 Å². The predicted molar refractivity (Wildman–Crippen MR) is 44.9 cm³/mol. The van der Waals surface area contributed by atoms with Gasteiger partial charge in [-0.15, -0.1) is 0 Å². The molecule has 0 saturated heterocycles. The van der Waals surface area contributed by atoms with Crippen LogP contribution in [0.1, 0.15) is 32.6 Å². The molecule has 0 spiro atoms. The van der Waals surface area contributed by atoms with Crippen LogP contribution >= 0.6 is 0 Å². The Morgan fingerprint density at radius 3 is 2.17 bits per heavy atom. The van der Waals surface area contributed by atoms with Crippen molar-refractivity contribution in [1.29, 1.82) is 0 Å². The Balaban J connectivity index is 0. The maximum absolute atomic E-state index is 9.65. The highest BCUT2D eigenvalue weighted by Gasteiger charge is 1.91. The third-order valence-corrected chi connectivity index (χ3v) is 0.955. The average Bonchev–Trinajstić information content (AvgIpc) is 2.03. The summed E-state index contributed by atoms with van der Waals surface area (Å²) in [6, 6.07) is 0. The van der Waals surface area contributed by atoms with Gasteiger partial charge in [-0.05, 0) is 12.8 Å². The maximum atomic E-state index is 9.65. The summed E-state index contributed by atoms with van der Waals surface area (Å²) >= 11 is 0. The summed E-state index contributed by atoms with van der Waals surface area (Å²) < 4.78 is 0. The predicted octanol–water partition coefficient (Wildman–Crippen LogP) is 0.829. The lowest BCUT2D eigenvalue weighted by atomic mass is 10.3. The molecular weight excluding hydrogens is 160 g/mol. The summed E-state index contributed by atoms with van der Waals surface area (Å²) in [6.07, 6.45) is 3.04. The van der Waals surface area contributed by atoms with E-state index in [4.69, 9.17) is 10.2 Å². The monoisotopic (exact) mass is 176 g/mol. The molecule has 0 rings (SSSR count). The van der Waals surface area contributed by atoms with Crippen LogP contribution in [-0.4, -0.2) is 29.1 Å². The first kappa shape index (κ1) is 13.7. The fourth-order valence-electron chi connectivity index (χ4n) is 0.348. The molecule has 0 aromatic rings. The minimum Gasteiger partial charge on any atom is -0.481 e. The van der Waals surface area contributed by atoms with Crippen molar-refractivity contribution in [3.63, 3.8) is 0 Å². The number of aliphatic hydroxyl groups is 1. The number of rotatable bonds is 5. The van der Waals surface area contributed by atoms with Gasteiger partial charge in [0.25, 0.3) is 0 Å². The van der Waals surface area contributed by atoms with Crippen molar-refractivity contribution in [2.75, 3.05) is 6.61 Å². The Hall–Kier alpha value is -0.900. The van der Waals surface area contributed by atoms with Crippen molar-refractivity contribution in [3.05, 3.63) is 0 Å². The minimum atomic E-state index is -0.853. The van der Waals surface area contributed by atoms with Gasteiger partial charge in [-0.3, -0.25) is 4.79 Å². The normalized spacial score (nSPS) is 8.17. The van der Waals surface area contributed by atoms with Crippen molar-refractivity contribution in [1.82, 2.24) is 0 Å². The van der Waals surface area contributed by atoms with Gasteiger partial charge in [-0.1, -0.05) is 6.92 Å². The van der Waals surface area contributed by atoms with Gasteiger partial charge >= 0.3 is 5.97 Å². The number of aliphatic carboxylic acids is 1. The van der Waals surface area contributed by atoms with Crippen molar-refractivity contribution in [2.45, 2.75) is 32.6 Å². The summed E-state index contributed by atoms with van der Waals surface area (Å²) in [6.45, 7) is 1.95. The molecule has 4 nitrogen and oxygen atoms in total. The quantitative estimate of drug-likeness (QED) is 0.608. The highest BCUT2D eigenvalue weighted by molar-refractivity contribution is 5.66. The first-order valence-electron chi connectivity index (χ1n) is 3.95. The standard InChI is InChI=1S/C4H8O3.C4H8O/c5-3-1-2-4(6)7;1-2-3-4-5/h5H,1-3H2,(H,6,7);4H,2-3H2,1H3. The molecule has 2 N–H and O–H groups in total. The zero-order chi connectivity index (χ0) is 9.82.